The van der Waals surface area contributed by atoms with Gasteiger partial charge >= 0.3 is 0 Å². The van der Waals surface area contributed by atoms with E-state index in [0.717, 1.165) is 6.42 Å². The standard InChI is InChI=1S/C6H11NO/c1-3-4-5-7-6(2)8/h4-5H,3H2,1-2H3,(H,7,8). The van der Waals surface area contributed by atoms with Crippen molar-refractivity contribution in [2.24, 2.45) is 0 Å². The van der Waals surface area contributed by atoms with Gasteiger partial charge in [-0.2, -0.15) is 0 Å². The Labute approximate surface area is 49.6 Å². The van der Waals surface area contributed by atoms with Gasteiger partial charge in [0.05, 0.1) is 0 Å². The summed E-state index contributed by atoms with van der Waals surface area (Å²) in [7, 11) is 0. The first kappa shape index (κ1) is 7.21. The molecule has 46 valence electrons. The summed E-state index contributed by atoms with van der Waals surface area (Å²) in [5.41, 5.74) is 0. The van der Waals surface area contributed by atoms with Crippen LogP contribution in [0, 0.1) is 0 Å². The molecular formula is C6H11NO. The molecule has 0 rings (SSSR count). The number of allylic oxidation sites excluding steroid dienone is 1. The second-order valence-electron chi connectivity index (χ2n) is 1.51. The topological polar surface area (TPSA) is 29.1 Å². The molecular weight excluding hydrogens is 102 g/mol. The van der Waals surface area contributed by atoms with Gasteiger partial charge < -0.3 is 5.32 Å². The molecule has 0 aromatic carbocycles. The minimum atomic E-state index is -0.0188. The van der Waals surface area contributed by atoms with Gasteiger partial charge in [-0.3, -0.25) is 4.79 Å². The highest BCUT2D eigenvalue weighted by Crippen LogP contribution is 1.74. The molecule has 2 heteroatoms. The van der Waals surface area contributed by atoms with E-state index < -0.39 is 0 Å². The molecule has 0 spiro atoms. The van der Waals surface area contributed by atoms with Crippen LogP contribution in [-0.4, -0.2) is 5.91 Å². The van der Waals surface area contributed by atoms with Gasteiger partial charge in [0, 0.05) is 6.92 Å². The van der Waals surface area contributed by atoms with Crippen LogP contribution >= 0.6 is 0 Å². The summed E-state index contributed by atoms with van der Waals surface area (Å²) in [6.45, 7) is 3.50. The van der Waals surface area contributed by atoms with Crippen molar-refractivity contribution in [1.29, 1.82) is 0 Å². The summed E-state index contributed by atoms with van der Waals surface area (Å²) < 4.78 is 0. The molecule has 1 amide bonds. The lowest BCUT2D eigenvalue weighted by molar-refractivity contribution is -0.118. The molecule has 0 heterocycles. The van der Waals surface area contributed by atoms with Crippen LogP contribution in [-0.2, 0) is 4.79 Å². The van der Waals surface area contributed by atoms with Crippen molar-refractivity contribution < 1.29 is 4.79 Å². The van der Waals surface area contributed by atoms with Crippen LogP contribution in [0.2, 0.25) is 0 Å². The number of nitrogens with one attached hydrogen (secondary N) is 1. The molecule has 2 nitrogen and oxygen atoms in total. The summed E-state index contributed by atoms with van der Waals surface area (Å²) in [5.74, 6) is -0.0188. The van der Waals surface area contributed by atoms with E-state index >= 15 is 0 Å². The lowest BCUT2D eigenvalue weighted by Crippen LogP contribution is -2.10. The first-order valence-electron chi connectivity index (χ1n) is 2.69. The molecule has 0 aliphatic rings. The van der Waals surface area contributed by atoms with Crippen LogP contribution in [0.3, 0.4) is 0 Å². The molecule has 0 saturated heterocycles. The normalized spacial score (nSPS) is 9.75. The number of rotatable bonds is 2. The molecule has 0 aliphatic carbocycles. The Morgan fingerprint density at radius 1 is 1.75 bits per heavy atom. The van der Waals surface area contributed by atoms with Gasteiger partial charge in [0.15, 0.2) is 0 Å². The summed E-state index contributed by atoms with van der Waals surface area (Å²) in [5, 5.41) is 2.53. The van der Waals surface area contributed by atoms with Crippen molar-refractivity contribution in [2.75, 3.05) is 0 Å². The monoisotopic (exact) mass is 113 g/mol. The fraction of sp³-hybridized carbons (Fsp3) is 0.500. The van der Waals surface area contributed by atoms with E-state index in [2.05, 4.69) is 5.32 Å². The average molecular weight is 113 g/mol. The predicted molar refractivity (Wildman–Crippen MR) is 33.2 cm³/mol. The van der Waals surface area contributed by atoms with E-state index in [1.807, 2.05) is 13.0 Å². The second-order valence-corrected chi connectivity index (χ2v) is 1.51. The van der Waals surface area contributed by atoms with Gasteiger partial charge in [0.1, 0.15) is 0 Å². The Morgan fingerprint density at radius 2 is 2.38 bits per heavy atom. The summed E-state index contributed by atoms with van der Waals surface area (Å²) >= 11 is 0. The fourth-order valence-electron chi connectivity index (χ4n) is 0.294. The number of hydrogen-bond donors (Lipinski definition) is 1. The van der Waals surface area contributed by atoms with Crippen LogP contribution in [0.1, 0.15) is 20.3 Å². The molecule has 0 aliphatic heterocycles. The first-order chi connectivity index (χ1) is 3.77. The summed E-state index contributed by atoms with van der Waals surface area (Å²) in [6.07, 6.45) is 4.50. The van der Waals surface area contributed by atoms with E-state index in [4.69, 9.17) is 0 Å². The van der Waals surface area contributed by atoms with Gasteiger partial charge in [0.25, 0.3) is 0 Å². The van der Waals surface area contributed by atoms with E-state index in [9.17, 15) is 4.79 Å². The second kappa shape index (κ2) is 4.37. The zero-order valence-corrected chi connectivity index (χ0v) is 5.27. The molecule has 8 heavy (non-hydrogen) atoms. The first-order valence-corrected chi connectivity index (χ1v) is 2.69. The fourth-order valence-corrected chi connectivity index (χ4v) is 0.294. The maximum Gasteiger partial charge on any atom is 0.220 e. The van der Waals surface area contributed by atoms with E-state index in [0.29, 0.717) is 0 Å². The van der Waals surface area contributed by atoms with Gasteiger partial charge in [0.2, 0.25) is 5.91 Å². The largest absolute Gasteiger partial charge is 0.333 e. The van der Waals surface area contributed by atoms with Crippen molar-refractivity contribution in [1.82, 2.24) is 5.32 Å². The third-order valence-electron chi connectivity index (χ3n) is 0.640. The van der Waals surface area contributed by atoms with Crippen molar-refractivity contribution in [3.63, 3.8) is 0 Å². The molecule has 0 unspecified atom stereocenters. The number of carbonyl (C=O) groups excluding carboxylic acids is 1. The zero-order chi connectivity index (χ0) is 6.41. The zero-order valence-electron chi connectivity index (χ0n) is 5.27. The van der Waals surface area contributed by atoms with Crippen LogP contribution < -0.4 is 5.32 Å². The minimum Gasteiger partial charge on any atom is -0.333 e. The predicted octanol–water partition coefficient (Wildman–Crippen LogP) is 1.05. The van der Waals surface area contributed by atoms with Gasteiger partial charge in [-0.05, 0) is 12.6 Å². The molecule has 0 bridgehead atoms. The van der Waals surface area contributed by atoms with E-state index in [1.165, 1.54) is 6.92 Å². The quantitative estimate of drug-likeness (QED) is 0.569. The molecule has 0 aromatic heterocycles. The summed E-state index contributed by atoms with van der Waals surface area (Å²) in [4.78, 5) is 10.2. The average Bonchev–Trinajstić information content (AvgIpc) is 1.66. The van der Waals surface area contributed by atoms with Crippen LogP contribution in [0.15, 0.2) is 12.3 Å². The van der Waals surface area contributed by atoms with Crippen LogP contribution in [0.5, 0.6) is 0 Å². The highest BCUT2D eigenvalue weighted by atomic mass is 16.1. The van der Waals surface area contributed by atoms with E-state index in [-0.39, 0.29) is 5.91 Å². The van der Waals surface area contributed by atoms with Gasteiger partial charge in [-0.1, -0.05) is 13.0 Å². The number of carbonyl (C=O) groups is 1. The van der Waals surface area contributed by atoms with Crippen molar-refractivity contribution >= 4 is 5.91 Å². The Morgan fingerprint density at radius 3 is 2.75 bits per heavy atom. The third-order valence-corrected chi connectivity index (χ3v) is 0.640. The maximum absolute atomic E-state index is 10.2. The van der Waals surface area contributed by atoms with Gasteiger partial charge in [-0.25, -0.2) is 0 Å². The molecule has 0 atom stereocenters. The minimum absolute atomic E-state index is 0.0188. The molecule has 1 N–H and O–H groups in total. The van der Waals surface area contributed by atoms with E-state index in [1.54, 1.807) is 6.20 Å². The Balaban J connectivity index is 3.16. The molecule has 0 radical (unpaired) electrons. The summed E-state index contributed by atoms with van der Waals surface area (Å²) in [6, 6.07) is 0. The number of amides is 1. The van der Waals surface area contributed by atoms with Crippen molar-refractivity contribution in [2.45, 2.75) is 20.3 Å². The Bertz CT molecular complexity index is 96.7. The Hall–Kier alpha value is -0.790. The van der Waals surface area contributed by atoms with Crippen molar-refractivity contribution in [3.05, 3.63) is 12.3 Å². The SMILES string of the molecule is CCC=CNC(C)=O. The van der Waals surface area contributed by atoms with Gasteiger partial charge in [-0.15, -0.1) is 0 Å². The van der Waals surface area contributed by atoms with Crippen LogP contribution in [0.4, 0.5) is 0 Å². The van der Waals surface area contributed by atoms with Crippen molar-refractivity contribution in [3.8, 4) is 0 Å². The van der Waals surface area contributed by atoms with Crippen LogP contribution in [0.25, 0.3) is 0 Å². The Kier molecular flexibility index (Phi) is 3.94. The highest BCUT2D eigenvalue weighted by molar-refractivity contribution is 5.73. The number of hydrogen-bond acceptors (Lipinski definition) is 1. The highest BCUT2D eigenvalue weighted by Gasteiger charge is 1.78. The third kappa shape index (κ3) is 5.21. The maximum atomic E-state index is 10.2. The molecule has 0 saturated carbocycles. The molecule has 0 fully saturated rings. The lowest BCUT2D eigenvalue weighted by atomic mass is 10.5. The lowest BCUT2D eigenvalue weighted by Gasteiger charge is -1.87. The smallest absolute Gasteiger partial charge is 0.220 e. The molecule has 0 aromatic rings.